The van der Waals surface area contributed by atoms with Gasteiger partial charge in [0.25, 0.3) is 11.8 Å². The second-order valence-corrected chi connectivity index (χ2v) is 14.4. The number of pyridine rings is 1. The van der Waals surface area contributed by atoms with Gasteiger partial charge in [0.2, 0.25) is 0 Å². The van der Waals surface area contributed by atoms with Crippen molar-refractivity contribution in [2.45, 2.75) is 72.4 Å². The van der Waals surface area contributed by atoms with Crippen LogP contribution < -0.4 is 16.0 Å². The SMILES string of the molecule is CC(C)(C)OC(=O)NC[C@H](NC(=O)c1cc2cc3c(nc2s1)CC[C@@H](C(C)(C)C)C3)c1ccc(NC(=O)c2ccco2)cc1. The van der Waals surface area contributed by atoms with E-state index in [1.807, 2.05) is 6.07 Å². The van der Waals surface area contributed by atoms with E-state index in [2.05, 4.69) is 42.8 Å². The van der Waals surface area contributed by atoms with Gasteiger partial charge in [0.05, 0.1) is 17.2 Å². The molecule has 0 saturated carbocycles. The first-order valence-corrected chi connectivity index (χ1v) is 15.7. The number of aromatic nitrogens is 1. The molecule has 0 aliphatic heterocycles. The zero-order valence-electron chi connectivity index (χ0n) is 26.1. The maximum absolute atomic E-state index is 13.6. The number of fused-ring (bicyclic) bond motifs is 2. The molecule has 10 heteroatoms. The predicted molar refractivity (Wildman–Crippen MR) is 172 cm³/mol. The molecule has 1 aliphatic carbocycles. The molecule has 0 radical (unpaired) electrons. The van der Waals surface area contributed by atoms with Gasteiger partial charge in [0, 0.05) is 23.3 Å². The largest absolute Gasteiger partial charge is 0.459 e. The van der Waals surface area contributed by atoms with Crippen molar-refractivity contribution in [2.75, 3.05) is 11.9 Å². The number of aryl methyl sites for hydroxylation is 1. The molecule has 3 amide bonds. The Labute approximate surface area is 261 Å². The maximum Gasteiger partial charge on any atom is 0.407 e. The van der Waals surface area contributed by atoms with Gasteiger partial charge in [-0.3, -0.25) is 9.59 Å². The highest BCUT2D eigenvalue weighted by atomic mass is 32.1. The number of nitrogens with one attached hydrogen (secondary N) is 3. The van der Waals surface area contributed by atoms with Gasteiger partial charge >= 0.3 is 6.09 Å². The zero-order valence-corrected chi connectivity index (χ0v) is 26.9. The Kier molecular flexibility index (Phi) is 8.83. The Bertz CT molecular complexity index is 1650. The summed E-state index contributed by atoms with van der Waals surface area (Å²) in [6.45, 7) is 12.3. The number of benzene rings is 1. The number of carbonyl (C=O) groups is 3. The van der Waals surface area contributed by atoms with Gasteiger partial charge in [-0.1, -0.05) is 32.9 Å². The zero-order chi connectivity index (χ0) is 31.6. The summed E-state index contributed by atoms with van der Waals surface area (Å²) >= 11 is 1.37. The van der Waals surface area contributed by atoms with E-state index in [9.17, 15) is 14.4 Å². The minimum atomic E-state index is -0.660. The minimum Gasteiger partial charge on any atom is -0.459 e. The fraction of sp³-hybridized carbons (Fsp3) is 0.412. The molecule has 1 aromatic carbocycles. The third-order valence-electron chi connectivity index (χ3n) is 7.79. The number of amides is 3. The van der Waals surface area contributed by atoms with Gasteiger partial charge in [0.1, 0.15) is 10.4 Å². The van der Waals surface area contributed by atoms with Gasteiger partial charge in [0.15, 0.2) is 5.76 Å². The molecule has 0 bridgehead atoms. The molecule has 5 rings (SSSR count). The molecule has 0 spiro atoms. The minimum absolute atomic E-state index is 0.102. The highest BCUT2D eigenvalue weighted by molar-refractivity contribution is 7.20. The van der Waals surface area contributed by atoms with Crippen LogP contribution in [0.5, 0.6) is 0 Å². The monoisotopic (exact) mass is 616 g/mol. The van der Waals surface area contributed by atoms with Crippen molar-refractivity contribution in [3.8, 4) is 0 Å². The van der Waals surface area contributed by atoms with Crippen molar-refractivity contribution in [3.05, 3.63) is 82.3 Å². The standard InChI is InChI=1S/C34H40N4O5S/c1-33(2,3)23-11-14-25-21(17-23)16-22-18-28(44-31(22)38-25)30(40)37-26(19-35-32(41)43-34(4,5)6)20-9-12-24(13-10-20)36-29(39)27-8-7-15-42-27/h7-10,12-13,15-16,18,23,26H,11,14,17,19H2,1-6H3,(H,35,41)(H,36,39)(H,37,40)/t23-,26+/m1/s1. The number of carbonyl (C=O) groups excluding carboxylic acids is 3. The molecule has 4 aromatic rings. The van der Waals surface area contributed by atoms with E-state index in [4.69, 9.17) is 14.1 Å². The molecule has 0 fully saturated rings. The van der Waals surface area contributed by atoms with E-state index in [-0.39, 0.29) is 29.5 Å². The van der Waals surface area contributed by atoms with Crippen molar-refractivity contribution >= 4 is 45.1 Å². The fourth-order valence-electron chi connectivity index (χ4n) is 5.35. The van der Waals surface area contributed by atoms with E-state index < -0.39 is 17.7 Å². The van der Waals surface area contributed by atoms with Crippen molar-refractivity contribution in [1.82, 2.24) is 15.6 Å². The average Bonchev–Trinajstić information content (AvgIpc) is 3.63. The van der Waals surface area contributed by atoms with Crippen LogP contribution in [-0.4, -0.2) is 35.0 Å². The second kappa shape index (κ2) is 12.4. The van der Waals surface area contributed by atoms with Gasteiger partial charge in [-0.2, -0.15) is 0 Å². The lowest BCUT2D eigenvalue weighted by Crippen LogP contribution is -2.40. The Hall–Kier alpha value is -4.18. The molecule has 44 heavy (non-hydrogen) atoms. The van der Waals surface area contributed by atoms with Gasteiger partial charge in [-0.05, 0) is 98.9 Å². The van der Waals surface area contributed by atoms with Gasteiger partial charge < -0.3 is 25.1 Å². The average molecular weight is 617 g/mol. The van der Waals surface area contributed by atoms with E-state index in [0.29, 0.717) is 16.5 Å². The van der Waals surface area contributed by atoms with Crippen LogP contribution in [0.3, 0.4) is 0 Å². The Morgan fingerprint density at radius 3 is 2.45 bits per heavy atom. The Morgan fingerprint density at radius 1 is 1.05 bits per heavy atom. The summed E-state index contributed by atoms with van der Waals surface area (Å²) in [6.07, 6.45) is 3.92. The molecule has 1 aliphatic rings. The predicted octanol–water partition coefficient (Wildman–Crippen LogP) is 7.29. The van der Waals surface area contributed by atoms with Crippen molar-refractivity contribution < 1.29 is 23.5 Å². The number of anilines is 1. The first-order chi connectivity index (χ1) is 20.7. The highest BCUT2D eigenvalue weighted by Gasteiger charge is 2.30. The lowest BCUT2D eigenvalue weighted by Gasteiger charge is -2.34. The van der Waals surface area contributed by atoms with Gasteiger partial charge in [-0.15, -0.1) is 11.3 Å². The van der Waals surface area contributed by atoms with Crippen LogP contribution in [0, 0.1) is 11.3 Å². The third kappa shape index (κ3) is 7.66. The number of rotatable bonds is 7. The molecule has 3 aromatic heterocycles. The summed E-state index contributed by atoms with van der Waals surface area (Å²) in [5.74, 6) is 0.171. The van der Waals surface area contributed by atoms with Crippen molar-refractivity contribution in [3.63, 3.8) is 0 Å². The van der Waals surface area contributed by atoms with Crippen molar-refractivity contribution in [2.24, 2.45) is 11.3 Å². The summed E-state index contributed by atoms with van der Waals surface area (Å²) < 4.78 is 10.6. The lowest BCUT2D eigenvalue weighted by molar-refractivity contribution is 0.0519. The van der Waals surface area contributed by atoms with Crippen molar-refractivity contribution in [1.29, 1.82) is 0 Å². The first kappa shape index (κ1) is 31.3. The molecule has 9 nitrogen and oxygen atoms in total. The molecule has 232 valence electrons. The summed E-state index contributed by atoms with van der Waals surface area (Å²) in [6, 6.07) is 13.8. The number of nitrogens with zero attached hydrogens (tertiary/aromatic N) is 1. The number of furan rings is 1. The van der Waals surface area contributed by atoms with Crippen LogP contribution >= 0.6 is 11.3 Å². The first-order valence-electron chi connectivity index (χ1n) is 14.9. The number of hydrogen-bond donors (Lipinski definition) is 3. The van der Waals surface area contributed by atoms with Crippen LogP contribution in [-0.2, 0) is 17.6 Å². The Morgan fingerprint density at radius 2 is 1.80 bits per heavy atom. The molecular weight excluding hydrogens is 576 g/mol. The molecule has 2 atom stereocenters. The van der Waals surface area contributed by atoms with Crippen LogP contribution in [0.4, 0.5) is 10.5 Å². The number of alkyl carbamates (subject to hydrolysis) is 1. The summed E-state index contributed by atoms with van der Waals surface area (Å²) in [4.78, 5) is 44.8. The van der Waals surface area contributed by atoms with Crippen LogP contribution in [0.25, 0.3) is 10.2 Å². The summed E-state index contributed by atoms with van der Waals surface area (Å²) in [5.41, 5.74) is 3.28. The number of hydrogen-bond acceptors (Lipinski definition) is 7. The Balaban J connectivity index is 1.34. The highest BCUT2D eigenvalue weighted by Crippen LogP contribution is 2.38. The fourth-order valence-corrected chi connectivity index (χ4v) is 6.29. The third-order valence-corrected chi connectivity index (χ3v) is 8.84. The lowest BCUT2D eigenvalue weighted by atomic mass is 9.71. The van der Waals surface area contributed by atoms with Crippen LogP contribution in [0.15, 0.2) is 59.2 Å². The smallest absolute Gasteiger partial charge is 0.407 e. The second-order valence-electron chi connectivity index (χ2n) is 13.4. The van der Waals surface area contributed by atoms with E-state index in [1.54, 1.807) is 57.2 Å². The molecule has 0 saturated heterocycles. The molecular formula is C34H40N4O5S. The maximum atomic E-state index is 13.6. The molecule has 3 heterocycles. The quantitative estimate of drug-likeness (QED) is 0.200. The topological polar surface area (TPSA) is 123 Å². The normalized spacial score (nSPS) is 15.7. The van der Waals surface area contributed by atoms with E-state index in [0.717, 1.165) is 40.7 Å². The van der Waals surface area contributed by atoms with Gasteiger partial charge in [-0.25, -0.2) is 9.78 Å². The molecule has 3 N–H and O–H groups in total. The summed E-state index contributed by atoms with van der Waals surface area (Å²) in [5, 5.41) is 9.60. The van der Waals surface area contributed by atoms with E-state index >= 15 is 0 Å². The number of ether oxygens (including phenoxy) is 1. The van der Waals surface area contributed by atoms with Crippen LogP contribution in [0.2, 0.25) is 0 Å². The summed E-state index contributed by atoms with van der Waals surface area (Å²) in [7, 11) is 0. The number of thiophene rings is 1. The van der Waals surface area contributed by atoms with E-state index in [1.165, 1.54) is 23.2 Å². The van der Waals surface area contributed by atoms with Crippen LogP contribution in [0.1, 0.15) is 91.1 Å². The molecule has 0 unspecified atom stereocenters.